The first-order valence-corrected chi connectivity index (χ1v) is 9.68. The number of likely N-dealkylation sites (tertiary alicyclic amines) is 1. The Morgan fingerprint density at radius 2 is 1.74 bits per heavy atom. The summed E-state index contributed by atoms with van der Waals surface area (Å²) in [7, 11) is 2.03. The van der Waals surface area contributed by atoms with Crippen LogP contribution in [-0.4, -0.2) is 37.5 Å². The highest BCUT2D eigenvalue weighted by Crippen LogP contribution is 2.32. The molecule has 1 saturated heterocycles. The minimum atomic E-state index is 0. The van der Waals surface area contributed by atoms with Gasteiger partial charge >= 0.3 is 0 Å². The topological polar surface area (TPSA) is 32.3 Å². The number of amides is 1. The minimum Gasteiger partial charge on any atom is -0.342 e. The Hall–Kier alpha value is -0.280. The van der Waals surface area contributed by atoms with E-state index >= 15 is 0 Å². The van der Waals surface area contributed by atoms with Crippen molar-refractivity contribution in [3.05, 3.63) is 0 Å². The van der Waals surface area contributed by atoms with Crippen molar-refractivity contribution < 1.29 is 4.79 Å². The minimum absolute atomic E-state index is 0. The lowest BCUT2D eigenvalue weighted by molar-refractivity contribution is -0.138. The second-order valence-corrected chi connectivity index (χ2v) is 7.55. The molecule has 0 radical (unpaired) electrons. The van der Waals surface area contributed by atoms with Gasteiger partial charge in [0.2, 0.25) is 5.91 Å². The van der Waals surface area contributed by atoms with E-state index in [1.807, 2.05) is 7.05 Å². The highest BCUT2D eigenvalue weighted by atomic mass is 35.5. The van der Waals surface area contributed by atoms with E-state index in [4.69, 9.17) is 0 Å². The number of nitrogens with one attached hydrogen (secondary N) is 1. The third kappa shape index (κ3) is 6.62. The summed E-state index contributed by atoms with van der Waals surface area (Å²) in [5.41, 5.74) is 0. The largest absolute Gasteiger partial charge is 0.342 e. The van der Waals surface area contributed by atoms with Crippen molar-refractivity contribution in [2.75, 3.05) is 26.7 Å². The first kappa shape index (κ1) is 20.8. The van der Waals surface area contributed by atoms with E-state index < -0.39 is 0 Å². The molecule has 2 rings (SSSR count). The van der Waals surface area contributed by atoms with Crippen LogP contribution < -0.4 is 5.32 Å². The lowest BCUT2D eigenvalue weighted by Crippen LogP contribution is -2.43. The molecule has 1 heterocycles. The van der Waals surface area contributed by atoms with Crippen LogP contribution in [-0.2, 0) is 4.79 Å². The summed E-state index contributed by atoms with van der Waals surface area (Å²) in [6.45, 7) is 5.29. The van der Waals surface area contributed by atoms with Crippen LogP contribution in [0.3, 0.4) is 0 Å². The zero-order chi connectivity index (χ0) is 15.8. The van der Waals surface area contributed by atoms with E-state index in [1.165, 1.54) is 44.9 Å². The van der Waals surface area contributed by atoms with E-state index in [2.05, 4.69) is 17.1 Å². The fourth-order valence-corrected chi connectivity index (χ4v) is 4.42. The van der Waals surface area contributed by atoms with Gasteiger partial charge in [-0.3, -0.25) is 4.79 Å². The Bertz CT molecular complexity index is 323. The van der Waals surface area contributed by atoms with Crippen LogP contribution >= 0.6 is 12.4 Å². The molecule has 1 atom stereocenters. The maximum Gasteiger partial charge on any atom is 0.225 e. The van der Waals surface area contributed by atoms with Gasteiger partial charge < -0.3 is 10.2 Å². The molecule has 4 heteroatoms. The molecule has 0 aromatic rings. The number of nitrogens with zero attached hydrogens (tertiary/aromatic N) is 1. The van der Waals surface area contributed by atoms with Crippen molar-refractivity contribution in [3.63, 3.8) is 0 Å². The van der Waals surface area contributed by atoms with Gasteiger partial charge in [-0.25, -0.2) is 0 Å². The van der Waals surface area contributed by atoms with E-state index in [0.29, 0.717) is 11.8 Å². The second-order valence-electron chi connectivity index (χ2n) is 7.55. The van der Waals surface area contributed by atoms with Crippen molar-refractivity contribution >= 4 is 18.3 Å². The SMILES string of the molecule is CCCC(CC1CCCCC1)C(=O)N1CCC(CNC)CC1.Cl. The molecular weight excluding hydrogens is 308 g/mol. The lowest BCUT2D eigenvalue weighted by atomic mass is 9.81. The van der Waals surface area contributed by atoms with Crippen molar-refractivity contribution in [1.82, 2.24) is 10.2 Å². The van der Waals surface area contributed by atoms with E-state index in [-0.39, 0.29) is 12.4 Å². The maximum atomic E-state index is 12.9. The first-order chi connectivity index (χ1) is 10.7. The third-order valence-electron chi connectivity index (χ3n) is 5.75. The summed E-state index contributed by atoms with van der Waals surface area (Å²) in [6, 6.07) is 0. The van der Waals surface area contributed by atoms with Gasteiger partial charge in [-0.2, -0.15) is 0 Å². The number of halogens is 1. The van der Waals surface area contributed by atoms with Crippen molar-refractivity contribution in [3.8, 4) is 0 Å². The highest BCUT2D eigenvalue weighted by Gasteiger charge is 2.29. The fourth-order valence-electron chi connectivity index (χ4n) is 4.42. The summed E-state index contributed by atoms with van der Waals surface area (Å²) < 4.78 is 0. The number of piperidine rings is 1. The Morgan fingerprint density at radius 1 is 1.09 bits per heavy atom. The molecule has 2 aliphatic rings. The standard InChI is InChI=1S/C19H36N2O.ClH/c1-3-7-18(14-16-8-5-4-6-9-16)19(22)21-12-10-17(11-13-21)15-20-2;/h16-18,20H,3-15H2,1-2H3;1H. The molecule has 3 nitrogen and oxygen atoms in total. The van der Waals surface area contributed by atoms with Crippen molar-refractivity contribution in [1.29, 1.82) is 0 Å². The van der Waals surface area contributed by atoms with E-state index in [0.717, 1.165) is 50.7 Å². The number of carbonyl (C=O) groups is 1. The summed E-state index contributed by atoms with van der Waals surface area (Å²) >= 11 is 0. The van der Waals surface area contributed by atoms with E-state index in [1.54, 1.807) is 0 Å². The van der Waals surface area contributed by atoms with Gasteiger partial charge in [-0.15, -0.1) is 12.4 Å². The highest BCUT2D eigenvalue weighted by molar-refractivity contribution is 5.85. The van der Waals surface area contributed by atoms with Crippen LogP contribution in [0.1, 0.15) is 71.1 Å². The summed E-state index contributed by atoms with van der Waals surface area (Å²) in [5.74, 6) is 2.34. The molecule has 136 valence electrons. The molecular formula is C19H37ClN2O. The Balaban J connectivity index is 0.00000264. The molecule has 2 fully saturated rings. The first-order valence-electron chi connectivity index (χ1n) is 9.68. The molecule has 0 spiro atoms. The average molecular weight is 345 g/mol. The van der Waals surface area contributed by atoms with Gasteiger partial charge in [-0.05, 0) is 51.1 Å². The van der Waals surface area contributed by atoms with Gasteiger partial charge in [0.25, 0.3) is 0 Å². The zero-order valence-corrected chi connectivity index (χ0v) is 16.0. The predicted octanol–water partition coefficient (Wildman–Crippen LogP) is 4.25. The normalized spacial score (nSPS) is 21.7. The van der Waals surface area contributed by atoms with Gasteiger partial charge in [0.05, 0.1) is 0 Å². The van der Waals surface area contributed by atoms with E-state index in [9.17, 15) is 4.79 Å². The Morgan fingerprint density at radius 3 is 2.30 bits per heavy atom. The van der Waals surface area contributed by atoms with Crippen LogP contribution in [0.5, 0.6) is 0 Å². The molecule has 1 aliphatic carbocycles. The van der Waals surface area contributed by atoms with Crippen molar-refractivity contribution in [2.45, 2.75) is 71.1 Å². The molecule has 1 saturated carbocycles. The molecule has 0 aromatic heterocycles. The van der Waals surface area contributed by atoms with Gasteiger partial charge in [0, 0.05) is 19.0 Å². The second kappa shape index (κ2) is 11.3. The molecule has 1 amide bonds. The molecule has 0 aromatic carbocycles. The lowest BCUT2D eigenvalue weighted by Gasteiger charge is -2.35. The molecule has 23 heavy (non-hydrogen) atoms. The van der Waals surface area contributed by atoms with Crippen LogP contribution in [0.25, 0.3) is 0 Å². The number of rotatable bonds is 7. The zero-order valence-electron chi connectivity index (χ0n) is 15.2. The van der Waals surface area contributed by atoms with Gasteiger partial charge in [0.15, 0.2) is 0 Å². The van der Waals surface area contributed by atoms with Crippen LogP contribution in [0.15, 0.2) is 0 Å². The predicted molar refractivity (Wildman–Crippen MR) is 100 cm³/mol. The average Bonchev–Trinajstić information content (AvgIpc) is 2.56. The monoisotopic (exact) mass is 344 g/mol. The number of hydrogen-bond acceptors (Lipinski definition) is 2. The van der Waals surface area contributed by atoms with Gasteiger partial charge in [0.1, 0.15) is 0 Å². The summed E-state index contributed by atoms with van der Waals surface area (Å²) in [4.78, 5) is 15.1. The summed E-state index contributed by atoms with van der Waals surface area (Å²) in [5, 5.41) is 3.28. The fraction of sp³-hybridized carbons (Fsp3) is 0.947. The third-order valence-corrected chi connectivity index (χ3v) is 5.75. The van der Waals surface area contributed by atoms with Gasteiger partial charge in [-0.1, -0.05) is 45.4 Å². The number of hydrogen-bond donors (Lipinski definition) is 1. The summed E-state index contributed by atoms with van der Waals surface area (Å²) in [6.07, 6.45) is 12.6. The Labute approximate surface area is 149 Å². The molecule has 1 aliphatic heterocycles. The van der Waals surface area contributed by atoms with Crippen LogP contribution in [0.4, 0.5) is 0 Å². The van der Waals surface area contributed by atoms with Crippen LogP contribution in [0.2, 0.25) is 0 Å². The Kier molecular flexibility index (Phi) is 10.2. The maximum absolute atomic E-state index is 12.9. The molecule has 1 N–H and O–H groups in total. The molecule has 1 unspecified atom stereocenters. The number of carbonyl (C=O) groups excluding carboxylic acids is 1. The molecule has 0 bridgehead atoms. The van der Waals surface area contributed by atoms with Crippen molar-refractivity contribution in [2.24, 2.45) is 17.8 Å². The smallest absolute Gasteiger partial charge is 0.225 e. The van der Waals surface area contributed by atoms with Crippen LogP contribution in [0, 0.1) is 17.8 Å². The quantitative estimate of drug-likeness (QED) is 0.748.